The minimum Gasteiger partial charge on any atom is -0.361 e. The first-order valence-electron chi connectivity index (χ1n) is 6.50. The van der Waals surface area contributed by atoms with E-state index in [1.165, 1.54) is 16.8 Å². The average molecular weight is 232 g/mol. The molecule has 1 saturated heterocycles. The van der Waals surface area contributed by atoms with E-state index in [1.807, 2.05) is 0 Å². The second kappa shape index (κ2) is 4.34. The molecule has 2 heteroatoms. The smallest absolute Gasteiger partial charge is 0.0474 e. The Balaban J connectivity index is 2.49. The van der Waals surface area contributed by atoms with Gasteiger partial charge in [0.25, 0.3) is 0 Å². The number of piperazine rings is 1. The zero-order valence-electron chi connectivity index (χ0n) is 11.7. The summed E-state index contributed by atoms with van der Waals surface area (Å²) in [5, 5.41) is 3.52. The highest BCUT2D eigenvalue weighted by molar-refractivity contribution is 5.61. The van der Waals surface area contributed by atoms with E-state index >= 15 is 0 Å². The molecule has 1 aromatic carbocycles. The van der Waals surface area contributed by atoms with Crippen LogP contribution in [0.15, 0.2) is 18.2 Å². The van der Waals surface area contributed by atoms with Crippen LogP contribution in [-0.4, -0.2) is 24.7 Å². The maximum Gasteiger partial charge on any atom is 0.0474 e. The van der Waals surface area contributed by atoms with E-state index in [4.69, 9.17) is 0 Å². The fourth-order valence-corrected chi connectivity index (χ4v) is 3.07. The summed E-state index contributed by atoms with van der Waals surface area (Å²) in [4.78, 5) is 2.59. The monoisotopic (exact) mass is 232 g/mol. The van der Waals surface area contributed by atoms with E-state index in [0.717, 1.165) is 13.1 Å². The van der Waals surface area contributed by atoms with Crippen LogP contribution in [0.2, 0.25) is 0 Å². The molecular weight excluding hydrogens is 208 g/mol. The summed E-state index contributed by atoms with van der Waals surface area (Å²) in [5.41, 5.74) is 4.36. The second-order valence-electron chi connectivity index (χ2n) is 5.90. The molecule has 0 aliphatic carbocycles. The number of rotatable bonds is 1. The predicted molar refractivity (Wildman–Crippen MR) is 74.8 cm³/mol. The van der Waals surface area contributed by atoms with Gasteiger partial charge in [-0.25, -0.2) is 0 Å². The Kier molecular flexibility index (Phi) is 3.17. The summed E-state index contributed by atoms with van der Waals surface area (Å²) in [6.07, 6.45) is 0. The van der Waals surface area contributed by atoms with Crippen LogP contribution in [0.3, 0.4) is 0 Å². The van der Waals surface area contributed by atoms with Crippen LogP contribution in [0.4, 0.5) is 5.69 Å². The molecule has 1 atom stereocenters. The lowest BCUT2D eigenvalue weighted by atomic mass is 9.93. The van der Waals surface area contributed by atoms with Gasteiger partial charge >= 0.3 is 0 Å². The molecule has 1 heterocycles. The molecule has 0 bridgehead atoms. The van der Waals surface area contributed by atoms with Crippen LogP contribution in [0.5, 0.6) is 0 Å². The van der Waals surface area contributed by atoms with Gasteiger partial charge in [0.15, 0.2) is 0 Å². The molecule has 94 valence electrons. The second-order valence-corrected chi connectivity index (χ2v) is 5.90. The molecule has 0 spiro atoms. The number of hydrogen-bond donors (Lipinski definition) is 1. The largest absolute Gasteiger partial charge is 0.361 e. The van der Waals surface area contributed by atoms with Gasteiger partial charge in [-0.1, -0.05) is 18.2 Å². The van der Waals surface area contributed by atoms with Crippen molar-refractivity contribution in [2.24, 2.45) is 0 Å². The normalized spacial score (nSPS) is 23.8. The SMILES string of the molecule is Cc1cccc(C)c1N1C(C)CNCC1(C)C. The lowest BCUT2D eigenvalue weighted by molar-refractivity contribution is 0.333. The quantitative estimate of drug-likeness (QED) is 0.801. The average Bonchev–Trinajstić information content (AvgIpc) is 2.21. The van der Waals surface area contributed by atoms with E-state index < -0.39 is 0 Å². The Morgan fingerprint density at radius 1 is 1.24 bits per heavy atom. The van der Waals surface area contributed by atoms with Crippen LogP contribution >= 0.6 is 0 Å². The number of nitrogens with one attached hydrogen (secondary N) is 1. The topological polar surface area (TPSA) is 15.3 Å². The highest BCUT2D eigenvalue weighted by Gasteiger charge is 2.35. The van der Waals surface area contributed by atoms with Gasteiger partial charge in [0.2, 0.25) is 0 Å². The van der Waals surface area contributed by atoms with Gasteiger partial charge in [-0.15, -0.1) is 0 Å². The molecule has 2 nitrogen and oxygen atoms in total. The van der Waals surface area contributed by atoms with Crippen LogP contribution in [0.25, 0.3) is 0 Å². The standard InChI is InChI=1S/C15H24N2/c1-11-7-6-8-12(2)14(11)17-13(3)9-16-10-15(17,4)5/h6-8,13,16H,9-10H2,1-5H3. The van der Waals surface area contributed by atoms with E-state index in [2.05, 4.69) is 63.0 Å². The first kappa shape index (κ1) is 12.4. The van der Waals surface area contributed by atoms with Crippen molar-refractivity contribution in [2.45, 2.75) is 46.2 Å². The third-order valence-electron chi connectivity index (χ3n) is 3.77. The zero-order chi connectivity index (χ0) is 12.6. The summed E-state index contributed by atoms with van der Waals surface area (Å²) < 4.78 is 0. The van der Waals surface area contributed by atoms with Crippen LogP contribution in [-0.2, 0) is 0 Å². The molecule has 1 N–H and O–H groups in total. The van der Waals surface area contributed by atoms with E-state index in [1.54, 1.807) is 0 Å². The fraction of sp³-hybridized carbons (Fsp3) is 0.600. The van der Waals surface area contributed by atoms with Gasteiger partial charge in [-0.05, 0) is 45.7 Å². The molecule has 1 aliphatic heterocycles. The van der Waals surface area contributed by atoms with Gasteiger partial charge in [0.05, 0.1) is 0 Å². The van der Waals surface area contributed by atoms with Gasteiger partial charge in [0, 0.05) is 30.4 Å². The number of benzene rings is 1. The molecule has 0 saturated carbocycles. The summed E-state index contributed by atoms with van der Waals surface area (Å²) >= 11 is 0. The number of anilines is 1. The molecule has 2 rings (SSSR count). The lowest BCUT2D eigenvalue weighted by Crippen LogP contribution is -2.62. The Labute approximate surface area is 105 Å². The van der Waals surface area contributed by atoms with Crippen molar-refractivity contribution in [1.82, 2.24) is 5.32 Å². The molecule has 1 unspecified atom stereocenters. The first-order chi connectivity index (χ1) is 7.93. The Hall–Kier alpha value is -1.02. The first-order valence-corrected chi connectivity index (χ1v) is 6.50. The lowest BCUT2D eigenvalue weighted by Gasteiger charge is -2.49. The molecule has 17 heavy (non-hydrogen) atoms. The van der Waals surface area contributed by atoms with Gasteiger partial charge < -0.3 is 10.2 Å². The molecule has 1 aliphatic rings. The summed E-state index contributed by atoms with van der Waals surface area (Å²) in [7, 11) is 0. The summed E-state index contributed by atoms with van der Waals surface area (Å²) in [6.45, 7) is 13.5. The van der Waals surface area contributed by atoms with Crippen molar-refractivity contribution >= 4 is 5.69 Å². The highest BCUT2D eigenvalue weighted by Crippen LogP contribution is 2.33. The Morgan fingerprint density at radius 2 is 1.82 bits per heavy atom. The molecule has 0 radical (unpaired) electrons. The van der Waals surface area contributed by atoms with Crippen molar-refractivity contribution in [1.29, 1.82) is 0 Å². The molecule has 0 aromatic heterocycles. The van der Waals surface area contributed by atoms with Crippen molar-refractivity contribution in [2.75, 3.05) is 18.0 Å². The van der Waals surface area contributed by atoms with Crippen LogP contribution in [0.1, 0.15) is 31.9 Å². The van der Waals surface area contributed by atoms with Gasteiger partial charge in [0.1, 0.15) is 0 Å². The molecule has 0 amide bonds. The van der Waals surface area contributed by atoms with E-state index in [0.29, 0.717) is 6.04 Å². The third-order valence-corrected chi connectivity index (χ3v) is 3.77. The van der Waals surface area contributed by atoms with Crippen molar-refractivity contribution in [3.8, 4) is 0 Å². The number of aryl methyl sites for hydroxylation is 2. The molecule has 1 aromatic rings. The van der Waals surface area contributed by atoms with Crippen molar-refractivity contribution in [3.05, 3.63) is 29.3 Å². The highest BCUT2D eigenvalue weighted by atomic mass is 15.3. The zero-order valence-corrected chi connectivity index (χ0v) is 11.7. The molecular formula is C15H24N2. The maximum absolute atomic E-state index is 3.52. The number of nitrogens with zero attached hydrogens (tertiary/aromatic N) is 1. The number of hydrogen-bond acceptors (Lipinski definition) is 2. The van der Waals surface area contributed by atoms with E-state index in [-0.39, 0.29) is 5.54 Å². The van der Waals surface area contributed by atoms with E-state index in [9.17, 15) is 0 Å². The minimum atomic E-state index is 0.175. The van der Waals surface area contributed by atoms with Crippen LogP contribution in [0, 0.1) is 13.8 Å². The Bertz CT molecular complexity index is 389. The third kappa shape index (κ3) is 2.19. The van der Waals surface area contributed by atoms with Crippen molar-refractivity contribution < 1.29 is 0 Å². The maximum atomic E-state index is 3.52. The summed E-state index contributed by atoms with van der Waals surface area (Å²) in [5.74, 6) is 0. The Morgan fingerprint density at radius 3 is 2.35 bits per heavy atom. The van der Waals surface area contributed by atoms with Gasteiger partial charge in [-0.3, -0.25) is 0 Å². The summed E-state index contributed by atoms with van der Waals surface area (Å²) in [6, 6.07) is 7.12. The fourth-order valence-electron chi connectivity index (χ4n) is 3.07. The van der Waals surface area contributed by atoms with Gasteiger partial charge in [-0.2, -0.15) is 0 Å². The minimum absolute atomic E-state index is 0.175. The number of para-hydroxylation sites is 1. The molecule has 1 fully saturated rings. The van der Waals surface area contributed by atoms with Crippen LogP contribution < -0.4 is 10.2 Å². The van der Waals surface area contributed by atoms with Crippen molar-refractivity contribution in [3.63, 3.8) is 0 Å². The predicted octanol–water partition coefficient (Wildman–Crippen LogP) is 2.88.